The van der Waals surface area contributed by atoms with Gasteiger partial charge in [0.15, 0.2) is 11.6 Å². The summed E-state index contributed by atoms with van der Waals surface area (Å²) in [5, 5.41) is 3.19. The van der Waals surface area contributed by atoms with Gasteiger partial charge in [0.05, 0.1) is 32.2 Å². The monoisotopic (exact) mass is 521 g/mol. The van der Waals surface area contributed by atoms with Crippen LogP contribution >= 0.6 is 0 Å². The van der Waals surface area contributed by atoms with E-state index in [9.17, 15) is 4.79 Å². The molecule has 0 atom stereocenters. The van der Waals surface area contributed by atoms with Crippen molar-refractivity contribution in [2.75, 3.05) is 75.4 Å². The Balaban J connectivity index is 0.898. The maximum absolute atomic E-state index is 12.7. The Kier molecular flexibility index (Phi) is 7.87. The third kappa shape index (κ3) is 5.86. The fourth-order valence-electron chi connectivity index (χ4n) is 6.12. The second-order valence-electron chi connectivity index (χ2n) is 10.9. The summed E-state index contributed by atoms with van der Waals surface area (Å²) < 4.78 is 11.3. The number of carbonyl (C=O) groups excluding carboxylic acids is 1. The molecule has 3 fully saturated rings. The van der Waals surface area contributed by atoms with Crippen LogP contribution in [0, 0.1) is 5.92 Å². The van der Waals surface area contributed by atoms with Gasteiger partial charge >= 0.3 is 0 Å². The van der Waals surface area contributed by atoms with Gasteiger partial charge in [-0.1, -0.05) is 0 Å². The number of carbonyl (C=O) groups is 1. The van der Waals surface area contributed by atoms with Crippen molar-refractivity contribution >= 4 is 17.5 Å². The predicted molar refractivity (Wildman–Crippen MR) is 145 cm³/mol. The number of aromatic nitrogens is 3. The molecule has 10 nitrogen and oxygen atoms in total. The van der Waals surface area contributed by atoms with Crippen LogP contribution in [0.25, 0.3) is 0 Å². The topological polar surface area (TPSA) is 96.0 Å². The first kappa shape index (κ1) is 25.3. The summed E-state index contributed by atoms with van der Waals surface area (Å²) >= 11 is 0. The fraction of sp³-hybridized carbons (Fsp3) is 0.643. The molecule has 1 amide bonds. The number of nitrogens with one attached hydrogen (secondary N) is 1. The first-order valence-corrected chi connectivity index (χ1v) is 14.3. The van der Waals surface area contributed by atoms with Crippen LogP contribution < -0.4 is 19.9 Å². The molecule has 5 heterocycles. The zero-order valence-corrected chi connectivity index (χ0v) is 22.2. The minimum Gasteiger partial charge on any atom is -0.489 e. The average Bonchev–Trinajstić information content (AvgIpc) is 3.47. The zero-order chi connectivity index (χ0) is 25.7. The minimum atomic E-state index is -0.115. The Morgan fingerprint density at radius 1 is 0.921 bits per heavy atom. The molecule has 1 N–H and O–H groups in total. The first-order chi connectivity index (χ1) is 18.7. The molecule has 10 heteroatoms. The van der Waals surface area contributed by atoms with Gasteiger partial charge < -0.3 is 24.6 Å². The number of nitrogens with zero attached hydrogens (tertiary/aromatic N) is 6. The normalized spacial score (nSPS) is 24.1. The molecule has 204 valence electrons. The van der Waals surface area contributed by atoms with Crippen molar-refractivity contribution in [3.05, 3.63) is 35.9 Å². The highest BCUT2D eigenvalue weighted by Gasteiger charge is 2.27. The first-order valence-electron chi connectivity index (χ1n) is 14.3. The van der Waals surface area contributed by atoms with Crippen LogP contribution in [0.3, 0.4) is 0 Å². The molecular weight excluding hydrogens is 482 g/mol. The van der Waals surface area contributed by atoms with E-state index in [-0.39, 0.29) is 11.9 Å². The van der Waals surface area contributed by atoms with Crippen molar-refractivity contribution in [3.63, 3.8) is 0 Å². The number of anilines is 2. The Hall–Kier alpha value is -2.98. The fourth-order valence-corrected chi connectivity index (χ4v) is 6.12. The van der Waals surface area contributed by atoms with E-state index in [0.717, 1.165) is 95.0 Å². The summed E-state index contributed by atoms with van der Waals surface area (Å²) in [6, 6.07) is 2.31. The summed E-state index contributed by atoms with van der Waals surface area (Å²) in [5.41, 5.74) is 1.68. The molecule has 2 aromatic heterocycles. The highest BCUT2D eigenvalue weighted by atomic mass is 16.5. The number of amides is 1. The summed E-state index contributed by atoms with van der Waals surface area (Å²) in [6.45, 7) is 9.09. The van der Waals surface area contributed by atoms with Gasteiger partial charge in [-0.15, -0.1) is 0 Å². The Bertz CT molecular complexity index is 1080. The second-order valence-corrected chi connectivity index (χ2v) is 10.9. The lowest BCUT2D eigenvalue weighted by molar-refractivity contribution is 0.0914. The van der Waals surface area contributed by atoms with Gasteiger partial charge in [0.25, 0.3) is 5.91 Å². The van der Waals surface area contributed by atoms with Gasteiger partial charge in [-0.05, 0) is 50.6 Å². The predicted octanol–water partition coefficient (Wildman–Crippen LogP) is 2.14. The summed E-state index contributed by atoms with van der Waals surface area (Å²) in [7, 11) is 0. The molecule has 4 aliphatic rings. The Morgan fingerprint density at radius 3 is 2.50 bits per heavy atom. The van der Waals surface area contributed by atoms with Crippen molar-refractivity contribution in [3.8, 4) is 5.75 Å². The molecule has 2 aromatic rings. The van der Waals surface area contributed by atoms with E-state index in [1.165, 1.54) is 24.8 Å². The van der Waals surface area contributed by atoms with Crippen LogP contribution in [0.15, 0.2) is 24.7 Å². The molecule has 0 aromatic carbocycles. The average molecular weight is 522 g/mol. The van der Waals surface area contributed by atoms with Gasteiger partial charge in [-0.25, -0.2) is 15.0 Å². The molecule has 3 aliphatic heterocycles. The third-order valence-electron chi connectivity index (χ3n) is 8.50. The molecule has 2 saturated heterocycles. The number of hydrogen-bond acceptors (Lipinski definition) is 9. The summed E-state index contributed by atoms with van der Waals surface area (Å²) in [6.07, 6.45) is 11.9. The van der Waals surface area contributed by atoms with E-state index in [1.807, 2.05) is 6.20 Å². The molecule has 1 saturated carbocycles. The largest absolute Gasteiger partial charge is 0.489 e. The molecule has 0 bridgehead atoms. The number of hydrogen-bond donors (Lipinski definition) is 1. The van der Waals surface area contributed by atoms with Gasteiger partial charge in [-0.2, -0.15) is 0 Å². The van der Waals surface area contributed by atoms with E-state index in [4.69, 9.17) is 9.47 Å². The molecule has 0 unspecified atom stereocenters. The smallest absolute Gasteiger partial charge is 0.271 e. The number of ether oxygens (including phenoxy) is 2. The van der Waals surface area contributed by atoms with Crippen molar-refractivity contribution in [1.29, 1.82) is 0 Å². The van der Waals surface area contributed by atoms with Gasteiger partial charge in [0.2, 0.25) is 0 Å². The lowest BCUT2D eigenvalue weighted by atomic mass is 9.84. The van der Waals surface area contributed by atoms with Crippen molar-refractivity contribution in [2.24, 2.45) is 5.92 Å². The molecule has 6 rings (SSSR count). The van der Waals surface area contributed by atoms with Crippen LogP contribution in [0.5, 0.6) is 5.75 Å². The highest BCUT2D eigenvalue weighted by Crippen LogP contribution is 2.34. The lowest BCUT2D eigenvalue weighted by Crippen LogP contribution is -2.47. The molecule has 0 spiro atoms. The van der Waals surface area contributed by atoms with E-state index in [0.29, 0.717) is 18.9 Å². The number of piperazine rings is 1. The third-order valence-corrected chi connectivity index (χ3v) is 8.50. The van der Waals surface area contributed by atoms with E-state index >= 15 is 0 Å². The van der Waals surface area contributed by atoms with E-state index < -0.39 is 0 Å². The Morgan fingerprint density at radius 2 is 1.74 bits per heavy atom. The number of morpholine rings is 1. The Labute approximate surface area is 224 Å². The molecule has 1 aliphatic carbocycles. The second kappa shape index (κ2) is 11.8. The summed E-state index contributed by atoms with van der Waals surface area (Å²) in [4.78, 5) is 33.3. The standard InChI is InChI=1S/C28H39N7O3/c36-28(24-19-31-25(20-30-24)34-14-17-37-18-15-34)32-23-3-1-21(2-4-23)6-9-33-10-12-35(13-11-33)27-26-22(5-8-29-27)7-16-38-26/h5,8,19-21,23H,1-4,6-7,9-18H2,(H,32,36). The van der Waals surface area contributed by atoms with Crippen LogP contribution in [-0.4, -0.2) is 97.4 Å². The maximum atomic E-state index is 12.7. The van der Waals surface area contributed by atoms with Crippen molar-refractivity contribution < 1.29 is 14.3 Å². The SMILES string of the molecule is O=C(NC1CCC(CCN2CCN(c3nccc4c3OCC4)CC2)CC1)c1cnc(N2CCOCC2)cn1. The molecule has 0 radical (unpaired) electrons. The maximum Gasteiger partial charge on any atom is 0.271 e. The molecular formula is C28H39N7O3. The van der Waals surface area contributed by atoms with Crippen LogP contribution in [-0.2, 0) is 11.2 Å². The highest BCUT2D eigenvalue weighted by molar-refractivity contribution is 5.92. The minimum absolute atomic E-state index is 0.115. The number of fused-ring (bicyclic) bond motifs is 1. The van der Waals surface area contributed by atoms with Crippen LogP contribution in [0.2, 0.25) is 0 Å². The number of rotatable bonds is 7. The van der Waals surface area contributed by atoms with Crippen LogP contribution in [0.4, 0.5) is 11.6 Å². The lowest BCUT2D eigenvalue weighted by Gasteiger charge is -2.37. The van der Waals surface area contributed by atoms with E-state index in [1.54, 1.807) is 12.4 Å². The van der Waals surface area contributed by atoms with Gasteiger partial charge in [0, 0.05) is 63.5 Å². The van der Waals surface area contributed by atoms with E-state index in [2.05, 4.69) is 41.0 Å². The van der Waals surface area contributed by atoms with Crippen molar-refractivity contribution in [1.82, 2.24) is 25.2 Å². The van der Waals surface area contributed by atoms with Gasteiger partial charge in [-0.3, -0.25) is 9.69 Å². The van der Waals surface area contributed by atoms with Crippen molar-refractivity contribution in [2.45, 2.75) is 44.6 Å². The summed E-state index contributed by atoms with van der Waals surface area (Å²) in [5.74, 6) is 3.46. The van der Waals surface area contributed by atoms with Gasteiger partial charge in [0.1, 0.15) is 11.5 Å². The quantitative estimate of drug-likeness (QED) is 0.588. The van der Waals surface area contributed by atoms with Crippen LogP contribution in [0.1, 0.15) is 48.2 Å². The zero-order valence-electron chi connectivity index (χ0n) is 22.2. The molecule has 38 heavy (non-hydrogen) atoms. The number of pyridine rings is 1.